The first kappa shape index (κ1) is 22.0. The monoisotopic (exact) mass is 439 g/mol. The fraction of sp³-hybridized carbons (Fsp3) is 0.143. The number of aromatic nitrogens is 1. The molecule has 2 N–H and O–H groups in total. The summed E-state index contributed by atoms with van der Waals surface area (Å²) in [5, 5.41) is 9.02. The van der Waals surface area contributed by atoms with E-state index in [4.69, 9.17) is 9.84 Å². The molecule has 0 saturated carbocycles. The second kappa shape index (κ2) is 8.21. The molecule has 0 unspecified atom stereocenters. The molecule has 0 fully saturated rings. The Balaban J connectivity index is 2.14. The Bertz CT molecular complexity index is 1220. The van der Waals surface area contributed by atoms with Gasteiger partial charge in [-0.25, -0.2) is 13.6 Å². The Morgan fingerprint density at radius 1 is 1.10 bits per heavy atom. The number of carboxylic acids is 1. The predicted molar refractivity (Wildman–Crippen MR) is 99.9 cm³/mol. The molecule has 0 aliphatic carbocycles. The first-order chi connectivity index (χ1) is 14.5. The van der Waals surface area contributed by atoms with E-state index in [1.54, 1.807) is 0 Å². The number of aromatic amines is 1. The standard InChI is InChI=1S/C21H14F5NO4/c1-10-6-17(31-9-12-2-4-13(22)8-16(12)23)18(19(28)27-10)14-5-3-11(20(29)30)7-15(14)21(24,25)26/h2-8H,9H2,1H3,(H,27,28)(H,29,30). The van der Waals surface area contributed by atoms with Crippen molar-refractivity contribution in [2.75, 3.05) is 0 Å². The van der Waals surface area contributed by atoms with Crippen LogP contribution in [-0.4, -0.2) is 16.1 Å². The maximum atomic E-state index is 13.9. The van der Waals surface area contributed by atoms with Gasteiger partial charge in [-0.1, -0.05) is 6.07 Å². The minimum absolute atomic E-state index is 0.0810. The lowest BCUT2D eigenvalue weighted by atomic mass is 9.97. The Morgan fingerprint density at radius 3 is 2.42 bits per heavy atom. The molecule has 3 aromatic rings. The average Bonchev–Trinajstić information content (AvgIpc) is 2.66. The number of hydrogen-bond donors (Lipinski definition) is 2. The number of nitrogens with one attached hydrogen (secondary N) is 1. The molecule has 0 bridgehead atoms. The van der Waals surface area contributed by atoms with Gasteiger partial charge in [0.1, 0.15) is 24.0 Å². The number of benzene rings is 2. The molecular formula is C21H14F5NO4. The van der Waals surface area contributed by atoms with Crippen LogP contribution in [0, 0.1) is 18.6 Å². The number of alkyl halides is 3. The van der Waals surface area contributed by atoms with Crippen molar-refractivity contribution in [3.05, 3.63) is 86.8 Å². The van der Waals surface area contributed by atoms with Crippen LogP contribution >= 0.6 is 0 Å². The molecule has 5 nitrogen and oxygen atoms in total. The third kappa shape index (κ3) is 4.73. The van der Waals surface area contributed by atoms with Crippen molar-refractivity contribution >= 4 is 5.97 Å². The van der Waals surface area contributed by atoms with E-state index in [2.05, 4.69) is 4.98 Å². The molecule has 0 spiro atoms. The van der Waals surface area contributed by atoms with Gasteiger partial charge in [-0.3, -0.25) is 4.79 Å². The highest BCUT2D eigenvalue weighted by molar-refractivity contribution is 5.89. The van der Waals surface area contributed by atoms with Crippen LogP contribution in [0.1, 0.15) is 27.2 Å². The Morgan fingerprint density at radius 2 is 1.81 bits per heavy atom. The molecule has 0 aliphatic heterocycles. The topological polar surface area (TPSA) is 79.4 Å². The lowest BCUT2D eigenvalue weighted by Crippen LogP contribution is -2.17. The SMILES string of the molecule is Cc1cc(OCc2ccc(F)cc2F)c(-c2ccc(C(=O)O)cc2C(F)(F)F)c(=O)[nH]1. The van der Waals surface area contributed by atoms with Crippen LogP contribution < -0.4 is 10.3 Å². The largest absolute Gasteiger partial charge is 0.488 e. The third-order valence-corrected chi connectivity index (χ3v) is 4.37. The summed E-state index contributed by atoms with van der Waals surface area (Å²) in [7, 11) is 0. The van der Waals surface area contributed by atoms with Gasteiger partial charge in [0.2, 0.25) is 0 Å². The fourth-order valence-electron chi connectivity index (χ4n) is 2.95. The number of aromatic carboxylic acids is 1. The van der Waals surface area contributed by atoms with E-state index in [1.165, 1.54) is 13.0 Å². The average molecular weight is 439 g/mol. The minimum Gasteiger partial charge on any atom is -0.488 e. The van der Waals surface area contributed by atoms with E-state index in [1.807, 2.05) is 0 Å². The first-order valence-electron chi connectivity index (χ1n) is 8.73. The molecule has 1 heterocycles. The number of H-pyrrole nitrogens is 1. The highest BCUT2D eigenvalue weighted by atomic mass is 19.4. The molecular weight excluding hydrogens is 425 g/mol. The summed E-state index contributed by atoms with van der Waals surface area (Å²) in [4.78, 5) is 26.0. The van der Waals surface area contributed by atoms with Crippen LogP contribution in [0.25, 0.3) is 11.1 Å². The van der Waals surface area contributed by atoms with E-state index in [0.29, 0.717) is 12.1 Å². The lowest BCUT2D eigenvalue weighted by Gasteiger charge is -2.17. The van der Waals surface area contributed by atoms with Crippen LogP contribution in [0.3, 0.4) is 0 Å². The number of halogens is 5. The van der Waals surface area contributed by atoms with E-state index < -0.39 is 58.2 Å². The van der Waals surface area contributed by atoms with Gasteiger partial charge in [0.05, 0.1) is 16.7 Å². The fourth-order valence-corrected chi connectivity index (χ4v) is 2.95. The molecule has 10 heteroatoms. The maximum absolute atomic E-state index is 13.9. The Hall–Kier alpha value is -3.69. The van der Waals surface area contributed by atoms with E-state index >= 15 is 0 Å². The number of pyridine rings is 1. The maximum Gasteiger partial charge on any atom is 0.417 e. The van der Waals surface area contributed by atoms with Gasteiger partial charge in [-0.2, -0.15) is 13.2 Å². The smallest absolute Gasteiger partial charge is 0.417 e. The molecule has 0 amide bonds. The molecule has 3 rings (SSSR count). The number of hydrogen-bond acceptors (Lipinski definition) is 3. The number of ether oxygens (including phenoxy) is 1. The first-order valence-corrected chi connectivity index (χ1v) is 8.73. The van der Waals surface area contributed by atoms with Crippen LogP contribution in [-0.2, 0) is 12.8 Å². The van der Waals surface area contributed by atoms with Gasteiger partial charge >= 0.3 is 12.1 Å². The molecule has 1 aromatic heterocycles. The van der Waals surface area contributed by atoms with Gasteiger partial charge in [-0.15, -0.1) is 0 Å². The third-order valence-electron chi connectivity index (χ3n) is 4.37. The van der Waals surface area contributed by atoms with Crippen LogP contribution in [0.2, 0.25) is 0 Å². The van der Waals surface area contributed by atoms with Gasteiger partial charge in [-0.05, 0) is 31.2 Å². The van der Waals surface area contributed by atoms with Crippen molar-refractivity contribution in [2.24, 2.45) is 0 Å². The summed E-state index contributed by atoms with van der Waals surface area (Å²) < 4.78 is 73.3. The summed E-state index contributed by atoms with van der Waals surface area (Å²) in [6.07, 6.45) is -4.97. The van der Waals surface area contributed by atoms with Crippen molar-refractivity contribution in [2.45, 2.75) is 19.7 Å². The Kier molecular flexibility index (Phi) is 5.83. The summed E-state index contributed by atoms with van der Waals surface area (Å²) in [6.45, 7) is 0.977. The zero-order chi connectivity index (χ0) is 22.9. The zero-order valence-electron chi connectivity index (χ0n) is 15.8. The Labute approximate surface area is 171 Å². The van der Waals surface area contributed by atoms with E-state index in [-0.39, 0.29) is 17.0 Å². The van der Waals surface area contributed by atoms with Crippen LogP contribution in [0.15, 0.2) is 47.3 Å². The predicted octanol–water partition coefficient (Wildman–Crippen LogP) is 4.92. The number of rotatable bonds is 5. The van der Waals surface area contributed by atoms with Crippen LogP contribution in [0.4, 0.5) is 22.0 Å². The lowest BCUT2D eigenvalue weighted by molar-refractivity contribution is -0.137. The van der Waals surface area contributed by atoms with Crippen molar-refractivity contribution in [1.82, 2.24) is 4.98 Å². The normalized spacial score (nSPS) is 11.4. The summed E-state index contributed by atoms with van der Waals surface area (Å²) in [5.41, 5.74) is -3.80. The van der Waals surface area contributed by atoms with Crippen molar-refractivity contribution in [3.8, 4) is 16.9 Å². The quantitative estimate of drug-likeness (QED) is 0.553. The number of aryl methyl sites for hydroxylation is 1. The van der Waals surface area contributed by atoms with Gasteiger partial charge < -0.3 is 14.8 Å². The molecule has 0 saturated heterocycles. The van der Waals surface area contributed by atoms with Crippen LogP contribution in [0.5, 0.6) is 5.75 Å². The number of carboxylic acid groups (broad SMARTS) is 1. The summed E-state index contributed by atoms with van der Waals surface area (Å²) in [6, 6.07) is 6.16. The van der Waals surface area contributed by atoms with Crippen molar-refractivity contribution < 1.29 is 36.6 Å². The highest BCUT2D eigenvalue weighted by Crippen LogP contribution is 2.39. The molecule has 0 aliphatic rings. The molecule has 0 radical (unpaired) electrons. The minimum atomic E-state index is -4.97. The van der Waals surface area contributed by atoms with Gasteiger partial charge in [0, 0.05) is 29.0 Å². The van der Waals surface area contributed by atoms with Gasteiger partial charge in [0.15, 0.2) is 0 Å². The summed E-state index contributed by atoms with van der Waals surface area (Å²) in [5.74, 6) is -3.59. The van der Waals surface area contributed by atoms with Gasteiger partial charge in [0.25, 0.3) is 5.56 Å². The zero-order valence-corrected chi connectivity index (χ0v) is 15.8. The molecule has 2 aromatic carbocycles. The second-order valence-electron chi connectivity index (χ2n) is 6.61. The van der Waals surface area contributed by atoms with E-state index in [9.17, 15) is 31.5 Å². The number of carbonyl (C=O) groups is 1. The van der Waals surface area contributed by atoms with Crippen molar-refractivity contribution in [3.63, 3.8) is 0 Å². The summed E-state index contributed by atoms with van der Waals surface area (Å²) >= 11 is 0. The molecule has 0 atom stereocenters. The van der Waals surface area contributed by atoms with Crippen molar-refractivity contribution in [1.29, 1.82) is 0 Å². The molecule has 31 heavy (non-hydrogen) atoms. The van der Waals surface area contributed by atoms with E-state index in [0.717, 1.165) is 24.3 Å². The highest BCUT2D eigenvalue weighted by Gasteiger charge is 2.36. The second-order valence-corrected chi connectivity index (χ2v) is 6.61. The molecule has 162 valence electrons.